The second kappa shape index (κ2) is 4.82. The van der Waals surface area contributed by atoms with Crippen molar-refractivity contribution < 1.29 is 18.3 Å². The van der Waals surface area contributed by atoms with Gasteiger partial charge in [-0.15, -0.1) is 0 Å². The average Bonchev–Trinajstić information content (AvgIpc) is 2.25. The molecule has 0 unspecified atom stereocenters. The van der Waals surface area contributed by atoms with Gasteiger partial charge in [0.2, 0.25) is 0 Å². The van der Waals surface area contributed by atoms with E-state index in [1.807, 2.05) is 0 Å². The summed E-state index contributed by atoms with van der Waals surface area (Å²) >= 11 is 0. The number of hydrogen-bond donors (Lipinski definition) is 3. The quantitative estimate of drug-likeness (QED) is 0.698. The zero-order valence-corrected chi connectivity index (χ0v) is 8.70. The molecule has 1 aromatic carbocycles. The molecular weight excluding hydrogens is 233 g/mol. The molecule has 3 nitrogen and oxygen atoms in total. The number of allylic oxidation sites excluding steroid dienone is 2. The number of rotatable bonds is 2. The maximum Gasteiger partial charge on any atom is 0.416 e. The predicted octanol–water partition coefficient (Wildman–Crippen LogP) is 2.18. The van der Waals surface area contributed by atoms with Crippen LogP contribution in [-0.4, -0.2) is 5.11 Å². The lowest BCUT2D eigenvalue weighted by Crippen LogP contribution is -2.05. The number of hydrogen-bond acceptors (Lipinski definition) is 3. The first-order valence-corrected chi connectivity index (χ1v) is 4.61. The van der Waals surface area contributed by atoms with Crippen molar-refractivity contribution in [2.75, 3.05) is 0 Å². The number of aromatic hydroxyl groups is 1. The number of halogens is 3. The topological polar surface area (TPSA) is 72.3 Å². The molecule has 0 aromatic heterocycles. The molecule has 0 aliphatic heterocycles. The van der Waals surface area contributed by atoms with E-state index in [1.165, 1.54) is 6.08 Å². The lowest BCUT2D eigenvalue weighted by Gasteiger charge is -2.10. The molecule has 17 heavy (non-hydrogen) atoms. The van der Waals surface area contributed by atoms with Gasteiger partial charge in [0.1, 0.15) is 5.75 Å². The Morgan fingerprint density at radius 2 is 1.88 bits per heavy atom. The van der Waals surface area contributed by atoms with Gasteiger partial charge in [-0.2, -0.15) is 13.2 Å². The molecule has 0 amide bonds. The second-order valence-corrected chi connectivity index (χ2v) is 3.21. The van der Waals surface area contributed by atoms with Gasteiger partial charge in [0.15, 0.2) is 0 Å². The van der Waals surface area contributed by atoms with Crippen LogP contribution in [0.1, 0.15) is 11.1 Å². The third kappa shape index (κ3) is 2.93. The van der Waals surface area contributed by atoms with Gasteiger partial charge in [-0.25, -0.2) is 0 Å². The smallest absolute Gasteiger partial charge is 0.416 e. The molecule has 0 aliphatic carbocycles. The number of nitrogens with two attached hydrogens (primary N) is 2. The Morgan fingerprint density at radius 3 is 2.35 bits per heavy atom. The van der Waals surface area contributed by atoms with Crippen molar-refractivity contribution in [2.45, 2.75) is 6.18 Å². The van der Waals surface area contributed by atoms with E-state index in [4.69, 9.17) is 11.5 Å². The Hall–Kier alpha value is -2.11. The van der Waals surface area contributed by atoms with Crippen LogP contribution in [0.2, 0.25) is 0 Å². The highest BCUT2D eigenvalue weighted by atomic mass is 19.4. The molecule has 5 N–H and O–H groups in total. The highest BCUT2D eigenvalue weighted by Crippen LogP contribution is 2.34. The van der Waals surface area contributed by atoms with Crippen molar-refractivity contribution in [3.8, 4) is 5.75 Å². The Bertz CT molecular complexity index is 464. The summed E-state index contributed by atoms with van der Waals surface area (Å²) in [7, 11) is 0. The predicted molar refractivity (Wildman–Crippen MR) is 58.6 cm³/mol. The van der Waals surface area contributed by atoms with Crippen LogP contribution >= 0.6 is 0 Å². The minimum absolute atomic E-state index is 0.0241. The van der Waals surface area contributed by atoms with Gasteiger partial charge in [-0.05, 0) is 30.5 Å². The van der Waals surface area contributed by atoms with Crippen LogP contribution in [0.3, 0.4) is 0 Å². The van der Waals surface area contributed by atoms with E-state index in [1.54, 1.807) is 0 Å². The normalized spacial score (nSPS) is 13.2. The second-order valence-electron chi connectivity index (χ2n) is 3.21. The number of phenols is 1. The van der Waals surface area contributed by atoms with Crippen molar-refractivity contribution in [1.82, 2.24) is 0 Å². The first-order chi connectivity index (χ1) is 7.90. The monoisotopic (exact) mass is 244 g/mol. The van der Waals surface area contributed by atoms with Crippen LogP contribution in [0.25, 0.3) is 5.57 Å². The van der Waals surface area contributed by atoms with Crippen LogP contribution in [0.4, 0.5) is 13.2 Å². The number of benzene rings is 1. The molecule has 0 atom stereocenters. The lowest BCUT2D eigenvalue weighted by atomic mass is 10.0. The fourth-order valence-electron chi connectivity index (χ4n) is 1.28. The fourth-order valence-corrected chi connectivity index (χ4v) is 1.28. The van der Waals surface area contributed by atoms with E-state index < -0.39 is 11.7 Å². The fraction of sp³-hybridized carbons (Fsp3) is 0.0909. The molecule has 1 aromatic rings. The molecule has 0 bridgehead atoms. The third-order valence-corrected chi connectivity index (χ3v) is 2.09. The van der Waals surface area contributed by atoms with E-state index in [9.17, 15) is 18.3 Å². The minimum Gasteiger partial charge on any atom is -0.507 e. The summed E-state index contributed by atoms with van der Waals surface area (Å²) in [4.78, 5) is 0. The van der Waals surface area contributed by atoms with Crippen LogP contribution in [0.5, 0.6) is 5.75 Å². The molecule has 0 spiro atoms. The van der Waals surface area contributed by atoms with Gasteiger partial charge >= 0.3 is 6.18 Å². The van der Waals surface area contributed by atoms with Crippen molar-refractivity contribution in [3.05, 3.63) is 47.8 Å². The van der Waals surface area contributed by atoms with Crippen molar-refractivity contribution in [2.24, 2.45) is 11.5 Å². The molecule has 0 aliphatic rings. The molecule has 0 fully saturated rings. The minimum atomic E-state index is -4.48. The van der Waals surface area contributed by atoms with Gasteiger partial charge in [0.05, 0.1) is 5.56 Å². The molecular formula is C11H11F3N2O. The van der Waals surface area contributed by atoms with Crippen molar-refractivity contribution >= 4 is 5.57 Å². The van der Waals surface area contributed by atoms with Gasteiger partial charge in [-0.1, -0.05) is 0 Å². The summed E-state index contributed by atoms with van der Waals surface area (Å²) in [6, 6.07) is 2.57. The first-order valence-electron chi connectivity index (χ1n) is 4.61. The standard InChI is InChI=1S/C11H11F3N2O/c12-11(13,14)8-1-2-10(17)9(5-8)7(6-16)3-4-15/h1-6,17H,15-16H2/b4-3-,7-6+. The summed E-state index contributed by atoms with van der Waals surface area (Å²) in [5, 5.41) is 9.49. The van der Waals surface area contributed by atoms with Crippen LogP contribution in [0.15, 0.2) is 36.7 Å². The van der Waals surface area contributed by atoms with Gasteiger partial charge < -0.3 is 16.6 Å². The highest BCUT2D eigenvalue weighted by molar-refractivity contribution is 5.77. The largest absolute Gasteiger partial charge is 0.507 e. The maximum atomic E-state index is 12.5. The van der Waals surface area contributed by atoms with Gasteiger partial charge in [0.25, 0.3) is 0 Å². The van der Waals surface area contributed by atoms with Crippen molar-refractivity contribution in [1.29, 1.82) is 0 Å². The van der Waals surface area contributed by atoms with Crippen LogP contribution in [-0.2, 0) is 6.18 Å². The van der Waals surface area contributed by atoms with E-state index in [2.05, 4.69) is 0 Å². The van der Waals surface area contributed by atoms with E-state index in [0.29, 0.717) is 0 Å². The molecule has 0 radical (unpaired) electrons. The molecule has 0 saturated heterocycles. The Kier molecular flexibility index (Phi) is 3.67. The average molecular weight is 244 g/mol. The first kappa shape index (κ1) is 13.0. The summed E-state index contributed by atoms with van der Waals surface area (Å²) in [5.74, 6) is -0.298. The molecule has 0 heterocycles. The molecule has 0 saturated carbocycles. The van der Waals surface area contributed by atoms with Crippen LogP contribution < -0.4 is 11.5 Å². The summed E-state index contributed by atoms with van der Waals surface area (Å²) < 4.78 is 37.4. The summed E-state index contributed by atoms with van der Waals surface area (Å²) in [6.45, 7) is 0. The Morgan fingerprint density at radius 1 is 1.24 bits per heavy atom. The van der Waals surface area contributed by atoms with Crippen LogP contribution in [0, 0.1) is 0 Å². The number of phenolic OH excluding ortho intramolecular Hbond substituents is 1. The SMILES string of the molecule is N/C=C\C(=C/N)c1cc(C(F)(F)F)ccc1O. The maximum absolute atomic E-state index is 12.5. The Labute approximate surface area is 95.8 Å². The number of alkyl halides is 3. The zero-order valence-electron chi connectivity index (χ0n) is 8.70. The van der Waals surface area contributed by atoms with Crippen molar-refractivity contribution in [3.63, 3.8) is 0 Å². The summed E-state index contributed by atoms with van der Waals surface area (Å²) in [6.07, 6.45) is -0.985. The molecule has 6 heteroatoms. The van der Waals surface area contributed by atoms with E-state index in [0.717, 1.165) is 30.6 Å². The van der Waals surface area contributed by atoms with Gasteiger partial charge in [-0.3, -0.25) is 0 Å². The molecule has 1 rings (SSSR count). The Balaban J connectivity index is 3.33. The molecule has 92 valence electrons. The third-order valence-electron chi connectivity index (χ3n) is 2.09. The van der Waals surface area contributed by atoms with E-state index in [-0.39, 0.29) is 16.9 Å². The van der Waals surface area contributed by atoms with E-state index >= 15 is 0 Å². The highest BCUT2D eigenvalue weighted by Gasteiger charge is 2.31. The lowest BCUT2D eigenvalue weighted by molar-refractivity contribution is -0.137. The summed E-state index contributed by atoms with van der Waals surface area (Å²) in [5.41, 5.74) is 9.71. The zero-order chi connectivity index (χ0) is 13.1. The van der Waals surface area contributed by atoms with Gasteiger partial charge in [0, 0.05) is 17.3 Å².